The number of carbonyl (C=O) groups is 1. The van der Waals surface area contributed by atoms with E-state index in [0.29, 0.717) is 17.7 Å². The van der Waals surface area contributed by atoms with Gasteiger partial charge in [0.2, 0.25) is 0 Å². The maximum absolute atomic E-state index is 12.6. The maximum atomic E-state index is 12.6. The van der Waals surface area contributed by atoms with Crippen molar-refractivity contribution in [3.05, 3.63) is 65.9 Å². The summed E-state index contributed by atoms with van der Waals surface area (Å²) in [6.45, 7) is 5.66. The van der Waals surface area contributed by atoms with Crippen molar-refractivity contribution in [2.24, 2.45) is 0 Å². The van der Waals surface area contributed by atoms with Gasteiger partial charge >= 0.3 is 5.97 Å². The monoisotopic (exact) mass is 371 g/mol. The lowest BCUT2D eigenvalue weighted by atomic mass is 10.0. The average Bonchev–Trinajstić information content (AvgIpc) is 2.59. The van der Waals surface area contributed by atoms with E-state index in [-0.39, 0.29) is 29.8 Å². The first-order valence-electron chi connectivity index (χ1n) is 8.80. The van der Waals surface area contributed by atoms with Crippen LogP contribution in [0.25, 0.3) is 6.08 Å². The summed E-state index contributed by atoms with van der Waals surface area (Å²) < 4.78 is 5.43. The third-order valence-corrected chi connectivity index (χ3v) is 3.78. The van der Waals surface area contributed by atoms with Crippen molar-refractivity contribution in [2.75, 3.05) is 6.61 Å². The van der Waals surface area contributed by atoms with Crippen molar-refractivity contribution in [3.8, 4) is 11.5 Å². The van der Waals surface area contributed by atoms with Crippen LogP contribution in [0.1, 0.15) is 42.1 Å². The number of esters is 1. The molecule has 2 rings (SSSR count). The minimum Gasteiger partial charge on any atom is -0.508 e. The molecule has 1 aromatic carbocycles. The van der Waals surface area contributed by atoms with Crippen LogP contribution >= 0.6 is 0 Å². The van der Waals surface area contributed by atoms with Gasteiger partial charge in [0.1, 0.15) is 23.2 Å². The zero-order chi connectivity index (χ0) is 19.6. The Morgan fingerprint density at radius 3 is 2.85 bits per heavy atom. The van der Waals surface area contributed by atoms with Crippen LogP contribution in [0.15, 0.2) is 54.8 Å². The number of hydroxylamine groups is 1. The molecular weight excluding hydrogens is 346 g/mol. The van der Waals surface area contributed by atoms with E-state index < -0.39 is 5.97 Å². The molecular formula is C21H25NO5. The lowest BCUT2D eigenvalue weighted by Gasteiger charge is -2.15. The van der Waals surface area contributed by atoms with E-state index >= 15 is 0 Å². The Bertz CT molecular complexity index is 764. The van der Waals surface area contributed by atoms with Crippen LogP contribution in [-0.2, 0) is 9.57 Å². The summed E-state index contributed by atoms with van der Waals surface area (Å²) in [7, 11) is 0. The first-order valence-corrected chi connectivity index (χ1v) is 8.80. The molecule has 27 heavy (non-hydrogen) atoms. The van der Waals surface area contributed by atoms with E-state index in [1.165, 1.54) is 6.07 Å². The summed E-state index contributed by atoms with van der Waals surface area (Å²) in [5.41, 5.74) is 3.62. The summed E-state index contributed by atoms with van der Waals surface area (Å²) in [5, 5.41) is 20.1. The molecule has 3 N–H and O–H groups in total. The molecule has 1 aromatic rings. The van der Waals surface area contributed by atoms with E-state index in [2.05, 4.69) is 12.1 Å². The maximum Gasteiger partial charge on any atom is 0.342 e. The number of benzene rings is 1. The molecule has 6 nitrogen and oxygen atoms in total. The molecule has 1 heterocycles. The number of hydrogen-bond donors (Lipinski definition) is 3. The summed E-state index contributed by atoms with van der Waals surface area (Å²) in [5.74, 6) is -1.17. The Hall–Kier alpha value is -2.99. The second-order valence-corrected chi connectivity index (χ2v) is 6.13. The van der Waals surface area contributed by atoms with Crippen molar-refractivity contribution in [1.29, 1.82) is 0 Å². The largest absolute Gasteiger partial charge is 0.508 e. The van der Waals surface area contributed by atoms with E-state index in [1.807, 2.05) is 24.3 Å². The van der Waals surface area contributed by atoms with Gasteiger partial charge in [-0.15, -0.1) is 6.58 Å². The molecule has 0 saturated heterocycles. The lowest BCUT2D eigenvalue weighted by Crippen LogP contribution is -2.16. The standard InChI is InChI=1S/C21H25NO5/c1-3-11-26-22-17-10-8-6-4-5-7-9-15(2)27-21(25)20-16(12-17)13-18(23)14-19(20)24/h3,5,7-8,10,12-15,22-24H,1,4,6,9,11H2,2H3/b7-5?,10-8+,17-12-. The molecule has 144 valence electrons. The van der Waals surface area contributed by atoms with Gasteiger partial charge in [-0.2, -0.15) is 0 Å². The minimum atomic E-state index is -0.660. The van der Waals surface area contributed by atoms with Gasteiger partial charge in [-0.05, 0) is 43.5 Å². The van der Waals surface area contributed by atoms with Gasteiger partial charge in [-0.1, -0.05) is 24.3 Å². The Morgan fingerprint density at radius 1 is 1.30 bits per heavy atom. The molecule has 1 atom stereocenters. The van der Waals surface area contributed by atoms with Crippen LogP contribution in [0, 0.1) is 0 Å². The van der Waals surface area contributed by atoms with Gasteiger partial charge < -0.3 is 14.9 Å². The number of aromatic hydroxyl groups is 2. The lowest BCUT2D eigenvalue weighted by molar-refractivity contribution is 0.0344. The van der Waals surface area contributed by atoms with Crippen molar-refractivity contribution >= 4 is 12.0 Å². The summed E-state index contributed by atoms with van der Waals surface area (Å²) in [4.78, 5) is 17.9. The zero-order valence-electron chi connectivity index (χ0n) is 15.4. The first kappa shape index (κ1) is 20.3. The summed E-state index contributed by atoms with van der Waals surface area (Å²) in [6.07, 6.45) is 12.9. The van der Waals surface area contributed by atoms with Crippen molar-refractivity contribution in [2.45, 2.75) is 32.3 Å². The fourth-order valence-corrected chi connectivity index (χ4v) is 2.53. The van der Waals surface area contributed by atoms with Crippen molar-refractivity contribution in [3.63, 3.8) is 0 Å². The molecule has 0 fully saturated rings. The number of cyclic esters (lactones) is 1. The summed E-state index contributed by atoms with van der Waals surface area (Å²) >= 11 is 0. The Kier molecular flexibility index (Phi) is 7.70. The highest BCUT2D eigenvalue weighted by atomic mass is 16.6. The number of ether oxygens (including phenoxy) is 1. The predicted molar refractivity (Wildman–Crippen MR) is 104 cm³/mol. The van der Waals surface area contributed by atoms with Crippen LogP contribution in [0.4, 0.5) is 0 Å². The van der Waals surface area contributed by atoms with Crippen LogP contribution in [-0.4, -0.2) is 28.9 Å². The van der Waals surface area contributed by atoms with Crippen LogP contribution in [0.2, 0.25) is 0 Å². The van der Waals surface area contributed by atoms with Crippen LogP contribution < -0.4 is 5.48 Å². The van der Waals surface area contributed by atoms with E-state index in [0.717, 1.165) is 18.9 Å². The first-order chi connectivity index (χ1) is 13.0. The molecule has 0 bridgehead atoms. The SMILES string of the molecule is C=CCONC1=C\c2cc(O)cc(O)c2C(=O)OC(C)CC=CCC\C=C\1. The van der Waals surface area contributed by atoms with E-state index in [4.69, 9.17) is 9.57 Å². The second-order valence-electron chi connectivity index (χ2n) is 6.13. The second kappa shape index (κ2) is 10.2. The van der Waals surface area contributed by atoms with Gasteiger partial charge in [-0.25, -0.2) is 4.79 Å². The molecule has 6 heteroatoms. The van der Waals surface area contributed by atoms with Gasteiger partial charge in [0.25, 0.3) is 0 Å². The summed E-state index contributed by atoms with van der Waals surface area (Å²) in [6, 6.07) is 2.49. The van der Waals surface area contributed by atoms with Gasteiger partial charge in [0, 0.05) is 12.5 Å². The number of carbonyl (C=O) groups excluding carboxylic acids is 1. The average molecular weight is 371 g/mol. The van der Waals surface area contributed by atoms with Crippen molar-refractivity contribution in [1.82, 2.24) is 5.48 Å². The molecule has 0 spiro atoms. The number of phenols is 2. The molecule has 0 saturated carbocycles. The highest BCUT2D eigenvalue weighted by molar-refractivity contribution is 5.97. The molecule has 0 aliphatic carbocycles. The molecule has 0 aromatic heterocycles. The predicted octanol–water partition coefficient (Wildman–Crippen LogP) is 3.99. The molecule has 1 unspecified atom stereocenters. The van der Waals surface area contributed by atoms with Crippen LogP contribution in [0.3, 0.4) is 0 Å². The minimum absolute atomic E-state index is 0.0166. The highest BCUT2D eigenvalue weighted by Gasteiger charge is 2.20. The quantitative estimate of drug-likeness (QED) is 0.321. The Balaban J connectivity index is 2.48. The van der Waals surface area contributed by atoms with Crippen LogP contribution in [0.5, 0.6) is 11.5 Å². The zero-order valence-corrected chi connectivity index (χ0v) is 15.4. The molecule has 1 aliphatic heterocycles. The Morgan fingerprint density at radius 2 is 2.07 bits per heavy atom. The number of allylic oxidation sites excluding steroid dienone is 3. The van der Waals surface area contributed by atoms with Gasteiger partial charge in [0.15, 0.2) is 0 Å². The fraction of sp³-hybridized carbons (Fsp3) is 0.286. The number of rotatable bonds is 4. The highest BCUT2D eigenvalue weighted by Crippen LogP contribution is 2.30. The van der Waals surface area contributed by atoms with Crippen molar-refractivity contribution < 1.29 is 24.6 Å². The number of nitrogens with one attached hydrogen (secondary N) is 1. The number of fused-ring (bicyclic) bond motifs is 1. The number of phenolic OH excluding ortho intramolecular Hbond substituents is 2. The fourth-order valence-electron chi connectivity index (χ4n) is 2.53. The normalized spacial score (nSPS) is 21.1. The third-order valence-electron chi connectivity index (χ3n) is 3.78. The topological polar surface area (TPSA) is 88.0 Å². The third kappa shape index (κ3) is 6.34. The molecule has 0 radical (unpaired) electrons. The van der Waals surface area contributed by atoms with E-state index in [1.54, 1.807) is 19.1 Å². The van der Waals surface area contributed by atoms with Gasteiger partial charge in [-0.3, -0.25) is 10.3 Å². The molecule has 0 amide bonds. The Labute approximate surface area is 159 Å². The number of hydrogen-bond acceptors (Lipinski definition) is 6. The van der Waals surface area contributed by atoms with E-state index in [9.17, 15) is 15.0 Å². The van der Waals surface area contributed by atoms with Gasteiger partial charge in [0.05, 0.1) is 12.3 Å². The molecule has 1 aliphatic rings. The smallest absolute Gasteiger partial charge is 0.342 e.